The lowest BCUT2D eigenvalue weighted by atomic mass is 9.85. The van der Waals surface area contributed by atoms with Crippen LogP contribution >= 0.6 is 7.82 Å². The lowest BCUT2D eigenvalue weighted by molar-refractivity contribution is -0.220. The fourth-order valence-electron chi connectivity index (χ4n) is 6.85. The van der Waals surface area contributed by atoms with E-state index in [1.807, 2.05) is 6.08 Å². The Labute approximate surface area is 355 Å². The predicted octanol–water partition coefficient (Wildman–Crippen LogP) is 7.14. The Morgan fingerprint density at radius 3 is 1.49 bits per heavy atom. The Morgan fingerprint density at radius 1 is 0.593 bits per heavy atom. The number of unbranched alkanes of at least 4 members (excludes halogenated alkanes) is 17. The van der Waals surface area contributed by atoms with Crippen LogP contribution in [0.4, 0.5) is 0 Å². The zero-order chi connectivity index (χ0) is 43.7. The highest BCUT2D eigenvalue weighted by Crippen LogP contribution is 2.47. The number of aliphatic hydroxyl groups excluding tert-OH is 7. The Balaban J connectivity index is 2.63. The zero-order valence-corrected chi connectivity index (χ0v) is 37.0. The minimum Gasteiger partial charge on any atom is -0.393 e. The van der Waals surface area contributed by atoms with E-state index >= 15 is 0 Å². The summed E-state index contributed by atoms with van der Waals surface area (Å²) in [6.45, 7) is 3.68. The largest absolute Gasteiger partial charge is 0.472 e. The van der Waals surface area contributed by atoms with Crippen molar-refractivity contribution in [1.82, 2.24) is 5.32 Å². The number of phosphoric ester groups is 1. The van der Waals surface area contributed by atoms with Gasteiger partial charge in [-0.15, -0.1) is 0 Å². The van der Waals surface area contributed by atoms with E-state index < -0.39 is 75.2 Å². The van der Waals surface area contributed by atoms with Crippen molar-refractivity contribution in [2.45, 2.75) is 223 Å². The molecule has 1 aliphatic rings. The van der Waals surface area contributed by atoms with Crippen molar-refractivity contribution in [3.05, 3.63) is 48.6 Å². The molecule has 0 aromatic carbocycles. The molecule has 1 saturated carbocycles. The Bertz CT molecular complexity index is 1200. The van der Waals surface area contributed by atoms with Crippen molar-refractivity contribution in [3.8, 4) is 0 Å². The van der Waals surface area contributed by atoms with E-state index in [1.165, 1.54) is 83.1 Å². The average molecular weight is 860 g/mol. The van der Waals surface area contributed by atoms with Gasteiger partial charge in [-0.05, 0) is 70.6 Å². The van der Waals surface area contributed by atoms with Crippen LogP contribution in [0.2, 0.25) is 0 Å². The lowest BCUT2D eigenvalue weighted by Crippen LogP contribution is -2.64. The number of nitrogens with one attached hydrogen (secondary N) is 1. The molecule has 9 N–H and O–H groups in total. The van der Waals surface area contributed by atoms with Crippen molar-refractivity contribution in [3.63, 3.8) is 0 Å². The summed E-state index contributed by atoms with van der Waals surface area (Å²) in [5.74, 6) is -0.618. The number of rotatable bonds is 36. The molecule has 1 rings (SSSR count). The van der Waals surface area contributed by atoms with Crippen LogP contribution in [0.3, 0.4) is 0 Å². The summed E-state index contributed by atoms with van der Waals surface area (Å²) < 4.78 is 22.8. The zero-order valence-electron chi connectivity index (χ0n) is 36.2. The van der Waals surface area contributed by atoms with Crippen molar-refractivity contribution in [2.75, 3.05) is 6.61 Å². The van der Waals surface area contributed by atoms with Gasteiger partial charge < -0.3 is 46.0 Å². The maximum Gasteiger partial charge on any atom is 0.472 e. The second-order valence-electron chi connectivity index (χ2n) is 16.1. The molecule has 59 heavy (non-hydrogen) atoms. The van der Waals surface area contributed by atoms with Crippen molar-refractivity contribution in [1.29, 1.82) is 0 Å². The van der Waals surface area contributed by atoms with E-state index in [0.717, 1.165) is 51.4 Å². The summed E-state index contributed by atoms with van der Waals surface area (Å²) in [5, 5.41) is 74.3. The van der Waals surface area contributed by atoms with E-state index in [0.29, 0.717) is 19.3 Å². The van der Waals surface area contributed by atoms with Crippen LogP contribution in [0, 0.1) is 0 Å². The minimum absolute atomic E-state index is 0.268. The summed E-state index contributed by atoms with van der Waals surface area (Å²) in [6, 6.07) is -1.27. The highest BCUT2D eigenvalue weighted by Gasteiger charge is 2.51. The molecule has 1 amide bonds. The van der Waals surface area contributed by atoms with Gasteiger partial charge in [-0.25, -0.2) is 4.57 Å². The number of carbonyl (C=O) groups excluding carboxylic acids is 1. The first-order valence-corrected chi connectivity index (χ1v) is 24.2. The van der Waals surface area contributed by atoms with Crippen molar-refractivity contribution in [2.24, 2.45) is 0 Å². The van der Waals surface area contributed by atoms with E-state index in [4.69, 9.17) is 9.05 Å². The number of phosphoric acid groups is 1. The normalized spacial score (nSPS) is 24.0. The Morgan fingerprint density at radius 2 is 1.00 bits per heavy atom. The monoisotopic (exact) mass is 860 g/mol. The molecular weight excluding hydrogens is 777 g/mol. The number of hydrogen-bond donors (Lipinski definition) is 9. The molecule has 0 saturated heterocycles. The van der Waals surface area contributed by atoms with Gasteiger partial charge in [-0.3, -0.25) is 13.8 Å². The highest BCUT2D eigenvalue weighted by molar-refractivity contribution is 7.47. The lowest BCUT2D eigenvalue weighted by Gasteiger charge is -2.41. The third-order valence-corrected chi connectivity index (χ3v) is 11.6. The topological polar surface area (TPSA) is 226 Å². The molecule has 8 atom stereocenters. The van der Waals surface area contributed by atoms with Crippen LogP contribution in [-0.4, -0.2) is 108 Å². The molecule has 0 aliphatic heterocycles. The molecule has 13 nitrogen and oxygen atoms in total. The molecule has 0 aromatic heterocycles. The molecule has 0 aromatic rings. The molecule has 0 spiro atoms. The molecule has 1 fully saturated rings. The van der Waals surface area contributed by atoms with Crippen LogP contribution in [0.25, 0.3) is 0 Å². The Hall–Kier alpha value is -1.74. The second kappa shape index (κ2) is 34.8. The van der Waals surface area contributed by atoms with Crippen LogP contribution in [-0.2, 0) is 18.4 Å². The van der Waals surface area contributed by atoms with E-state index in [2.05, 4.69) is 49.5 Å². The summed E-state index contributed by atoms with van der Waals surface area (Å²) >= 11 is 0. The summed E-state index contributed by atoms with van der Waals surface area (Å²) in [6.07, 6.45) is 26.3. The molecule has 0 bridgehead atoms. The standard InChI is InChI=1S/C45H82NO12P/c1-3-5-7-9-11-13-15-17-19-21-23-25-27-29-31-33-38(48)37(35-57-59(55,56)58-45-43(53)41(51)40(50)42(52)44(45)54)46-39(49)34-36(47)32-30-28-26-24-22-20-18-16-14-12-10-8-6-4-2/h15,17,20,22-23,25,31,33,36-38,40-45,47-48,50-54H,3-14,16,18-19,21,24,26-30,32,34-35H2,1-2H3,(H,46,49)(H,55,56)/b17-15+,22-20-,25-23+,33-31+. The quantitative estimate of drug-likeness (QED) is 0.0174. The highest BCUT2D eigenvalue weighted by atomic mass is 31.2. The minimum atomic E-state index is -5.15. The first-order chi connectivity index (χ1) is 28.3. The molecular formula is C45H82NO12P. The van der Waals surface area contributed by atoms with E-state index in [9.17, 15) is 50.0 Å². The van der Waals surface area contributed by atoms with Crippen LogP contribution in [0.5, 0.6) is 0 Å². The first kappa shape index (κ1) is 55.3. The van der Waals surface area contributed by atoms with Crippen LogP contribution in [0.1, 0.15) is 168 Å². The fraction of sp³-hybridized carbons (Fsp3) is 0.800. The molecule has 0 radical (unpaired) electrons. The van der Waals surface area contributed by atoms with Crippen LogP contribution < -0.4 is 5.32 Å². The number of hydrogen-bond acceptors (Lipinski definition) is 11. The van der Waals surface area contributed by atoms with Gasteiger partial charge >= 0.3 is 7.82 Å². The third-order valence-electron chi connectivity index (χ3n) is 10.6. The van der Waals surface area contributed by atoms with Gasteiger partial charge in [0.1, 0.15) is 36.6 Å². The number of aliphatic hydroxyl groups is 7. The van der Waals surface area contributed by atoms with E-state index in [-0.39, 0.29) is 6.42 Å². The number of allylic oxidation sites excluding steroid dienone is 7. The van der Waals surface area contributed by atoms with Gasteiger partial charge in [0.05, 0.1) is 31.3 Å². The average Bonchev–Trinajstić information content (AvgIpc) is 3.21. The fourth-order valence-corrected chi connectivity index (χ4v) is 7.82. The number of carbonyl (C=O) groups is 1. The van der Waals surface area contributed by atoms with Gasteiger partial charge in [-0.2, -0.15) is 0 Å². The molecule has 8 unspecified atom stereocenters. The smallest absolute Gasteiger partial charge is 0.393 e. The maximum atomic E-state index is 13.0. The van der Waals surface area contributed by atoms with Gasteiger partial charge in [0, 0.05) is 0 Å². The predicted molar refractivity (Wildman–Crippen MR) is 233 cm³/mol. The van der Waals surface area contributed by atoms with Gasteiger partial charge in [0.15, 0.2) is 0 Å². The molecule has 0 heterocycles. The SMILES string of the molecule is CCCCCCC/C=C/CC/C=C/CC/C=C/C(O)C(COP(=O)(O)OC1C(O)C(O)C(O)C(O)C1O)NC(=O)CC(O)CCCCC/C=C\CCCCCCCCC. The Kier molecular flexibility index (Phi) is 32.6. The van der Waals surface area contributed by atoms with Crippen molar-refractivity contribution < 1.29 is 59.0 Å². The molecule has 1 aliphatic carbocycles. The van der Waals surface area contributed by atoms with Crippen molar-refractivity contribution >= 4 is 13.7 Å². The van der Waals surface area contributed by atoms with Gasteiger partial charge in [-0.1, -0.05) is 140 Å². The summed E-state index contributed by atoms with van der Waals surface area (Å²) in [5.41, 5.74) is 0. The van der Waals surface area contributed by atoms with Gasteiger partial charge in [0.2, 0.25) is 5.91 Å². The van der Waals surface area contributed by atoms with Crippen LogP contribution in [0.15, 0.2) is 48.6 Å². The molecule has 344 valence electrons. The second-order valence-corrected chi connectivity index (χ2v) is 17.5. The number of amides is 1. The summed E-state index contributed by atoms with van der Waals surface area (Å²) in [7, 11) is -5.15. The van der Waals surface area contributed by atoms with Gasteiger partial charge in [0.25, 0.3) is 0 Å². The summed E-state index contributed by atoms with van der Waals surface area (Å²) in [4.78, 5) is 23.4. The third kappa shape index (κ3) is 27.0. The maximum absolute atomic E-state index is 13.0. The molecule has 14 heteroatoms. The first-order valence-electron chi connectivity index (χ1n) is 22.7. The van der Waals surface area contributed by atoms with E-state index in [1.54, 1.807) is 6.08 Å².